The minimum Gasteiger partial charge on any atom is -0.457 e. The summed E-state index contributed by atoms with van der Waals surface area (Å²) in [6.07, 6.45) is 0. The van der Waals surface area contributed by atoms with Crippen molar-refractivity contribution in [1.82, 2.24) is 9.55 Å². The molecule has 2 heterocycles. The molecule has 0 spiro atoms. The number of nitrogens with zero attached hydrogens (tertiary/aromatic N) is 1. The third-order valence-corrected chi connectivity index (χ3v) is 8.23. The molecule has 0 atom stereocenters. The molecule has 1 N–H and O–H groups in total. The van der Waals surface area contributed by atoms with Crippen LogP contribution >= 0.6 is 11.8 Å². The molecule has 8 nitrogen and oxygen atoms in total. The lowest BCUT2D eigenvalue weighted by atomic mass is 10.1. The summed E-state index contributed by atoms with van der Waals surface area (Å²) in [4.78, 5) is 54.5. The molecule has 0 aliphatic rings. The first kappa shape index (κ1) is 27.2. The maximum Gasteiger partial charge on any atom is 0.266 e. The van der Waals surface area contributed by atoms with Crippen LogP contribution in [0.15, 0.2) is 138 Å². The molecule has 44 heavy (non-hydrogen) atoms. The Morgan fingerprint density at radius 3 is 1.34 bits per heavy atom. The molecule has 0 bridgehead atoms. The second-order valence-corrected chi connectivity index (χ2v) is 11.4. The van der Waals surface area contributed by atoms with Crippen LogP contribution in [0.1, 0.15) is 5.56 Å². The van der Waals surface area contributed by atoms with Crippen LogP contribution < -0.4 is 31.7 Å². The Labute approximate surface area is 253 Å². The predicted molar refractivity (Wildman–Crippen MR) is 171 cm³/mol. The van der Waals surface area contributed by atoms with E-state index in [1.807, 2.05) is 79.7 Å². The van der Waals surface area contributed by atoms with Gasteiger partial charge in [0.25, 0.3) is 22.2 Å². The summed E-state index contributed by atoms with van der Waals surface area (Å²) in [5.41, 5.74) is -0.761. The molecule has 7 aromatic rings. The van der Waals surface area contributed by atoms with Crippen molar-refractivity contribution >= 4 is 33.3 Å². The fourth-order valence-electron chi connectivity index (χ4n) is 4.96. The summed E-state index contributed by atoms with van der Waals surface area (Å²) in [6.45, 7) is 2.04. The maximum absolute atomic E-state index is 13.1. The Kier molecular flexibility index (Phi) is 6.71. The van der Waals surface area contributed by atoms with Gasteiger partial charge in [-0.25, -0.2) is 4.57 Å². The Hall–Kier alpha value is -5.67. The third kappa shape index (κ3) is 5.10. The minimum atomic E-state index is -0.585. The highest BCUT2D eigenvalue weighted by atomic mass is 32.2. The second kappa shape index (κ2) is 10.9. The summed E-state index contributed by atoms with van der Waals surface area (Å²) < 4.78 is 12.9. The van der Waals surface area contributed by atoms with E-state index < -0.39 is 22.2 Å². The summed E-state index contributed by atoms with van der Waals surface area (Å²) in [5.74, 6) is 2.71. The van der Waals surface area contributed by atoms with Crippen molar-refractivity contribution in [1.29, 1.82) is 0 Å². The summed E-state index contributed by atoms with van der Waals surface area (Å²) in [7, 11) is 0. The van der Waals surface area contributed by atoms with E-state index in [0.29, 0.717) is 17.2 Å². The van der Waals surface area contributed by atoms with Crippen molar-refractivity contribution in [3.8, 4) is 28.7 Å². The van der Waals surface area contributed by atoms with Gasteiger partial charge < -0.3 is 9.47 Å². The number of fused-ring (bicyclic) bond motifs is 2. The molecule has 0 aliphatic heterocycles. The quantitative estimate of drug-likeness (QED) is 0.224. The standard InChI is InChI=1S/C35H22N2O6S/c1-20-2-6-22(7-3-20)42-24-10-14-26(15-11-24)44-27-16-12-25(13-17-27)43-23-8-4-21(5-9-23)37-34(40)30-18-28-29(19-31(30)35(37)41)33(39)36-32(28)38/h2-19H,1H3,(H,36,38,39). The largest absolute Gasteiger partial charge is 0.457 e. The second-order valence-electron chi connectivity index (χ2n) is 10.2. The molecule has 2 aromatic heterocycles. The van der Waals surface area contributed by atoms with Gasteiger partial charge in [-0.15, -0.1) is 0 Å². The van der Waals surface area contributed by atoms with Gasteiger partial charge in [-0.2, -0.15) is 0 Å². The van der Waals surface area contributed by atoms with E-state index in [2.05, 4.69) is 4.98 Å². The smallest absolute Gasteiger partial charge is 0.266 e. The van der Waals surface area contributed by atoms with Crippen LogP contribution in [0.3, 0.4) is 0 Å². The third-order valence-electron chi connectivity index (χ3n) is 7.21. The molecular weight excluding hydrogens is 576 g/mol. The highest BCUT2D eigenvalue weighted by Crippen LogP contribution is 2.32. The zero-order chi connectivity index (χ0) is 30.4. The van der Waals surface area contributed by atoms with E-state index in [1.54, 1.807) is 36.0 Å². The van der Waals surface area contributed by atoms with Crippen molar-refractivity contribution in [2.24, 2.45) is 0 Å². The van der Waals surface area contributed by atoms with E-state index in [9.17, 15) is 19.2 Å². The molecule has 0 aliphatic carbocycles. The lowest BCUT2D eigenvalue weighted by molar-refractivity contribution is 0.482. The first-order valence-corrected chi connectivity index (χ1v) is 14.5. The number of aryl methyl sites for hydroxylation is 1. The lowest BCUT2D eigenvalue weighted by Gasteiger charge is -2.09. The van der Waals surface area contributed by atoms with Crippen LogP contribution in [-0.4, -0.2) is 9.55 Å². The Bertz CT molecular complexity index is 2290. The number of hydrogen-bond donors (Lipinski definition) is 1. The van der Waals surface area contributed by atoms with Gasteiger partial charge >= 0.3 is 0 Å². The van der Waals surface area contributed by atoms with E-state index in [0.717, 1.165) is 25.9 Å². The van der Waals surface area contributed by atoms with Crippen LogP contribution in [0, 0.1) is 6.92 Å². The fraction of sp³-hybridized carbons (Fsp3) is 0.0286. The fourth-order valence-corrected chi connectivity index (χ4v) is 5.78. The molecule has 214 valence electrons. The van der Waals surface area contributed by atoms with Crippen molar-refractivity contribution in [2.75, 3.05) is 0 Å². The van der Waals surface area contributed by atoms with E-state index in [-0.39, 0.29) is 21.5 Å². The summed E-state index contributed by atoms with van der Waals surface area (Å²) in [6, 6.07) is 32.7. The SMILES string of the molecule is Cc1ccc(Oc2ccc(Sc3ccc(Oc4ccc(-n5c(=O)c6cc7c(=O)[nH]c(=O)c7cc6c5=O)cc4)cc3)cc2)cc1. The number of benzene rings is 5. The number of hydrogen-bond acceptors (Lipinski definition) is 7. The van der Waals surface area contributed by atoms with Gasteiger partial charge in [0.05, 0.1) is 27.2 Å². The molecule has 5 aromatic carbocycles. The molecule has 0 unspecified atom stereocenters. The topological polar surface area (TPSA) is 107 Å². The Balaban J connectivity index is 1.03. The van der Waals surface area contributed by atoms with Gasteiger partial charge in [0.2, 0.25) is 0 Å². The Morgan fingerprint density at radius 1 is 0.523 bits per heavy atom. The summed E-state index contributed by atoms with van der Waals surface area (Å²) >= 11 is 1.62. The molecular formula is C35H22N2O6S. The number of aromatic amines is 1. The van der Waals surface area contributed by atoms with E-state index >= 15 is 0 Å². The Morgan fingerprint density at radius 2 is 0.909 bits per heavy atom. The van der Waals surface area contributed by atoms with E-state index in [1.165, 1.54) is 17.7 Å². The predicted octanol–water partition coefficient (Wildman–Crippen LogP) is 6.47. The average molecular weight is 599 g/mol. The number of aromatic nitrogens is 2. The molecule has 0 saturated heterocycles. The van der Waals surface area contributed by atoms with Gasteiger partial charge in [-0.3, -0.25) is 24.2 Å². The molecule has 7 rings (SSSR count). The monoisotopic (exact) mass is 598 g/mol. The van der Waals surface area contributed by atoms with Gasteiger partial charge in [0.1, 0.15) is 23.0 Å². The van der Waals surface area contributed by atoms with Crippen LogP contribution in [0.4, 0.5) is 0 Å². The normalized spacial score (nSPS) is 11.3. The first-order valence-electron chi connectivity index (χ1n) is 13.7. The van der Waals surface area contributed by atoms with Gasteiger partial charge in [0.15, 0.2) is 0 Å². The number of rotatable bonds is 7. The van der Waals surface area contributed by atoms with E-state index in [4.69, 9.17) is 9.47 Å². The summed E-state index contributed by atoms with van der Waals surface area (Å²) in [5, 5.41) is 0.351. The van der Waals surface area contributed by atoms with Crippen molar-refractivity contribution in [3.63, 3.8) is 0 Å². The number of H-pyrrole nitrogens is 1. The highest BCUT2D eigenvalue weighted by molar-refractivity contribution is 7.99. The highest BCUT2D eigenvalue weighted by Gasteiger charge is 2.18. The van der Waals surface area contributed by atoms with Crippen LogP contribution in [0.5, 0.6) is 23.0 Å². The van der Waals surface area contributed by atoms with Crippen molar-refractivity contribution < 1.29 is 9.47 Å². The van der Waals surface area contributed by atoms with Crippen molar-refractivity contribution in [2.45, 2.75) is 16.7 Å². The minimum absolute atomic E-state index is 0.0865. The zero-order valence-electron chi connectivity index (χ0n) is 23.2. The molecule has 9 heteroatoms. The van der Waals surface area contributed by atoms with Gasteiger partial charge in [-0.05, 0) is 104 Å². The average Bonchev–Trinajstić information content (AvgIpc) is 3.45. The molecule has 0 saturated carbocycles. The molecule has 0 fully saturated rings. The number of ether oxygens (including phenoxy) is 2. The van der Waals surface area contributed by atoms with Crippen LogP contribution in [0.25, 0.3) is 27.2 Å². The number of nitrogens with one attached hydrogen (secondary N) is 1. The first-order chi connectivity index (χ1) is 21.3. The zero-order valence-corrected chi connectivity index (χ0v) is 24.0. The van der Waals surface area contributed by atoms with Crippen LogP contribution in [0.2, 0.25) is 0 Å². The van der Waals surface area contributed by atoms with Gasteiger partial charge in [-0.1, -0.05) is 29.5 Å². The molecule has 0 radical (unpaired) electrons. The lowest BCUT2D eigenvalue weighted by Crippen LogP contribution is -2.23. The van der Waals surface area contributed by atoms with Crippen molar-refractivity contribution in [3.05, 3.63) is 156 Å². The molecule has 0 amide bonds. The van der Waals surface area contributed by atoms with Gasteiger partial charge in [0, 0.05) is 9.79 Å². The van der Waals surface area contributed by atoms with Crippen LogP contribution in [-0.2, 0) is 0 Å². The maximum atomic E-state index is 13.1.